The lowest BCUT2D eigenvalue weighted by Gasteiger charge is -2.31. The van der Waals surface area contributed by atoms with Crippen LogP contribution in [0.4, 0.5) is 5.69 Å². The fourth-order valence-electron chi connectivity index (χ4n) is 3.87. The summed E-state index contributed by atoms with van der Waals surface area (Å²) in [4.78, 5) is 27.5. The molecule has 0 radical (unpaired) electrons. The van der Waals surface area contributed by atoms with Gasteiger partial charge in [-0.1, -0.05) is 12.1 Å². The summed E-state index contributed by atoms with van der Waals surface area (Å²) in [5.41, 5.74) is 2.19. The van der Waals surface area contributed by atoms with Crippen LogP contribution in [0, 0.1) is 0 Å². The number of nitrogens with one attached hydrogen (secondary N) is 2. The normalized spacial score (nSPS) is 16.4. The Balaban J connectivity index is 1.26. The quantitative estimate of drug-likeness (QED) is 0.637. The molecule has 2 aliphatic heterocycles. The number of thioether (sulfide) groups is 1. The van der Waals surface area contributed by atoms with Crippen molar-refractivity contribution < 1.29 is 19.1 Å². The van der Waals surface area contributed by atoms with E-state index in [2.05, 4.69) is 22.6 Å². The third-order valence-corrected chi connectivity index (χ3v) is 6.83. The topological polar surface area (TPSA) is 79.9 Å². The molecule has 2 N–H and O–H groups in total. The molecule has 7 nitrogen and oxygen atoms in total. The number of benzene rings is 2. The minimum absolute atomic E-state index is 0.0455. The van der Waals surface area contributed by atoms with Gasteiger partial charge in [-0.3, -0.25) is 14.5 Å². The Hall–Kier alpha value is -2.55. The highest BCUT2D eigenvalue weighted by molar-refractivity contribution is 8.00. The average Bonchev–Trinajstić information content (AvgIpc) is 2.83. The van der Waals surface area contributed by atoms with E-state index in [1.807, 2.05) is 30.3 Å². The van der Waals surface area contributed by atoms with Gasteiger partial charge in [-0.2, -0.15) is 0 Å². The van der Waals surface area contributed by atoms with Crippen LogP contribution in [0.25, 0.3) is 0 Å². The number of hydrogen-bond acceptors (Lipinski definition) is 6. The van der Waals surface area contributed by atoms with Crippen molar-refractivity contribution >= 4 is 29.3 Å². The smallest absolute Gasteiger partial charge is 0.251 e. The van der Waals surface area contributed by atoms with Crippen LogP contribution in [0.15, 0.2) is 47.4 Å². The molecule has 2 amide bonds. The molecule has 1 fully saturated rings. The molecular formula is C24H29N3O4S. The lowest BCUT2D eigenvalue weighted by atomic mass is 10.1. The van der Waals surface area contributed by atoms with Crippen molar-refractivity contribution in [3.05, 3.63) is 53.6 Å². The first-order valence-electron chi connectivity index (χ1n) is 10.9. The summed E-state index contributed by atoms with van der Waals surface area (Å²) in [5, 5.41) is 5.76. The van der Waals surface area contributed by atoms with E-state index in [9.17, 15) is 9.59 Å². The molecule has 0 unspecified atom stereocenters. The second-order valence-electron chi connectivity index (χ2n) is 8.05. The summed E-state index contributed by atoms with van der Waals surface area (Å²) in [7, 11) is 2.14. The van der Waals surface area contributed by atoms with Gasteiger partial charge < -0.3 is 20.1 Å². The minimum atomic E-state index is -0.179. The maximum atomic E-state index is 12.6. The van der Waals surface area contributed by atoms with Gasteiger partial charge in [-0.05, 0) is 55.8 Å². The summed E-state index contributed by atoms with van der Waals surface area (Å²) in [6.45, 7) is 3.54. The van der Waals surface area contributed by atoms with Crippen LogP contribution in [0.2, 0.25) is 0 Å². The number of nitrogens with zero attached hydrogens (tertiary/aromatic N) is 1. The standard InChI is InChI=1S/C24H29N3O4S/c1-27(19-7-10-30-11-8-19)9-12-31-20-4-2-3-17(13-20)15-25-24(29)18-5-6-22-21(14-18)26-23(28)16-32-22/h2-6,13-14,19H,7-12,15-16H2,1H3,(H,25,29)(H,26,28). The molecule has 1 saturated heterocycles. The van der Waals surface area contributed by atoms with E-state index >= 15 is 0 Å². The molecule has 0 spiro atoms. The first kappa shape index (κ1) is 22.6. The van der Waals surface area contributed by atoms with E-state index < -0.39 is 0 Å². The Labute approximate surface area is 192 Å². The van der Waals surface area contributed by atoms with E-state index in [0.29, 0.717) is 36.2 Å². The Kier molecular flexibility index (Phi) is 7.68. The highest BCUT2D eigenvalue weighted by Gasteiger charge is 2.19. The van der Waals surface area contributed by atoms with Crippen LogP contribution >= 0.6 is 11.8 Å². The van der Waals surface area contributed by atoms with Crippen LogP contribution < -0.4 is 15.4 Å². The van der Waals surface area contributed by atoms with Crippen LogP contribution in [-0.4, -0.2) is 61.9 Å². The molecule has 2 aromatic rings. The van der Waals surface area contributed by atoms with Crippen molar-refractivity contribution in [1.82, 2.24) is 10.2 Å². The van der Waals surface area contributed by atoms with Gasteiger partial charge in [0.1, 0.15) is 12.4 Å². The summed E-state index contributed by atoms with van der Waals surface area (Å²) >= 11 is 1.48. The number of ether oxygens (including phenoxy) is 2. The molecule has 2 heterocycles. The maximum absolute atomic E-state index is 12.6. The third-order valence-electron chi connectivity index (χ3n) is 5.75. The van der Waals surface area contributed by atoms with Gasteiger partial charge in [0.15, 0.2) is 0 Å². The van der Waals surface area contributed by atoms with E-state index in [1.165, 1.54) is 11.8 Å². The first-order valence-corrected chi connectivity index (χ1v) is 11.9. The molecule has 0 bridgehead atoms. The largest absolute Gasteiger partial charge is 0.492 e. The highest BCUT2D eigenvalue weighted by Crippen LogP contribution is 2.32. The fraction of sp³-hybridized carbons (Fsp3) is 0.417. The molecule has 4 rings (SSSR count). The average molecular weight is 456 g/mol. The molecule has 0 aliphatic carbocycles. The van der Waals surface area contributed by atoms with Gasteiger partial charge in [0.05, 0.1) is 11.4 Å². The molecular weight excluding hydrogens is 426 g/mol. The monoisotopic (exact) mass is 455 g/mol. The van der Waals surface area contributed by atoms with Gasteiger partial charge in [0.2, 0.25) is 5.91 Å². The fourth-order valence-corrected chi connectivity index (χ4v) is 4.66. The Morgan fingerprint density at radius 2 is 2.09 bits per heavy atom. The number of hydrogen-bond donors (Lipinski definition) is 2. The van der Waals surface area contributed by atoms with Gasteiger partial charge in [-0.15, -0.1) is 11.8 Å². The zero-order valence-corrected chi connectivity index (χ0v) is 19.1. The molecule has 0 atom stereocenters. The SMILES string of the molecule is CN(CCOc1cccc(CNC(=O)c2ccc3c(c2)NC(=O)CS3)c1)C1CCOCC1. The number of amides is 2. The molecule has 170 valence electrons. The number of fused-ring (bicyclic) bond motifs is 1. The predicted octanol–water partition coefficient (Wildman–Crippen LogP) is 3.15. The van der Waals surface area contributed by atoms with Crippen LogP contribution in [0.1, 0.15) is 28.8 Å². The zero-order valence-electron chi connectivity index (χ0n) is 18.3. The van der Waals surface area contributed by atoms with Crippen LogP contribution in [0.5, 0.6) is 5.75 Å². The molecule has 0 saturated carbocycles. The van der Waals surface area contributed by atoms with Gasteiger partial charge >= 0.3 is 0 Å². The van der Waals surface area contributed by atoms with Crippen molar-refractivity contribution in [3.8, 4) is 5.75 Å². The predicted molar refractivity (Wildman–Crippen MR) is 125 cm³/mol. The van der Waals surface area contributed by atoms with E-state index in [0.717, 1.165) is 48.8 Å². The van der Waals surface area contributed by atoms with E-state index in [1.54, 1.807) is 12.1 Å². The second kappa shape index (κ2) is 10.8. The van der Waals surface area contributed by atoms with Crippen molar-refractivity contribution in [2.75, 3.05) is 44.5 Å². The van der Waals surface area contributed by atoms with Crippen molar-refractivity contribution in [1.29, 1.82) is 0 Å². The zero-order chi connectivity index (χ0) is 22.3. The van der Waals surface area contributed by atoms with Gasteiger partial charge in [0, 0.05) is 42.8 Å². The molecule has 0 aromatic heterocycles. The molecule has 2 aliphatic rings. The third kappa shape index (κ3) is 6.03. The summed E-state index contributed by atoms with van der Waals surface area (Å²) in [5.74, 6) is 0.978. The van der Waals surface area contributed by atoms with E-state index in [4.69, 9.17) is 9.47 Å². The highest BCUT2D eigenvalue weighted by atomic mass is 32.2. The number of anilines is 1. The van der Waals surface area contributed by atoms with Gasteiger partial charge in [0.25, 0.3) is 5.91 Å². The Bertz CT molecular complexity index is 962. The molecule has 8 heteroatoms. The van der Waals surface area contributed by atoms with E-state index in [-0.39, 0.29) is 11.8 Å². The second-order valence-corrected chi connectivity index (χ2v) is 9.07. The van der Waals surface area contributed by atoms with Crippen molar-refractivity contribution in [2.45, 2.75) is 30.3 Å². The van der Waals surface area contributed by atoms with Crippen molar-refractivity contribution in [3.63, 3.8) is 0 Å². The number of rotatable bonds is 8. The van der Waals surface area contributed by atoms with Crippen LogP contribution in [0.3, 0.4) is 0 Å². The summed E-state index contributed by atoms with van der Waals surface area (Å²) < 4.78 is 11.4. The lowest BCUT2D eigenvalue weighted by Crippen LogP contribution is -2.38. The number of likely N-dealkylation sites (N-methyl/N-ethyl adjacent to an activating group) is 1. The number of carbonyl (C=O) groups excluding carboxylic acids is 2. The van der Waals surface area contributed by atoms with Crippen LogP contribution in [-0.2, 0) is 16.1 Å². The summed E-state index contributed by atoms with van der Waals surface area (Å²) in [6.07, 6.45) is 2.14. The van der Waals surface area contributed by atoms with Gasteiger partial charge in [-0.25, -0.2) is 0 Å². The minimum Gasteiger partial charge on any atom is -0.492 e. The Morgan fingerprint density at radius 3 is 2.94 bits per heavy atom. The van der Waals surface area contributed by atoms with Crippen molar-refractivity contribution in [2.24, 2.45) is 0 Å². The lowest BCUT2D eigenvalue weighted by molar-refractivity contribution is -0.113. The summed E-state index contributed by atoms with van der Waals surface area (Å²) in [6, 6.07) is 13.7. The number of carbonyl (C=O) groups is 2. The first-order chi connectivity index (χ1) is 15.6. The maximum Gasteiger partial charge on any atom is 0.251 e. The molecule has 32 heavy (non-hydrogen) atoms. The Morgan fingerprint density at radius 1 is 1.25 bits per heavy atom. The molecule has 2 aromatic carbocycles.